The maximum atomic E-state index is 11.2. The Morgan fingerprint density at radius 2 is 1.95 bits per heavy atom. The van der Waals surface area contributed by atoms with E-state index in [0.717, 1.165) is 39.0 Å². The molecule has 1 aliphatic heterocycles. The Balaban J connectivity index is 0.00000176. The first kappa shape index (κ1) is 17.1. The summed E-state index contributed by atoms with van der Waals surface area (Å²) >= 11 is 0. The minimum atomic E-state index is -1.26. The van der Waals surface area contributed by atoms with Crippen molar-refractivity contribution >= 4 is 17.7 Å². The minimum absolute atomic E-state index is 0. The molecule has 0 radical (unpaired) electrons. The zero-order valence-corrected chi connectivity index (χ0v) is 13.2. The van der Waals surface area contributed by atoms with Crippen LogP contribution in [0.2, 0.25) is 0 Å². The first-order valence-electron chi connectivity index (χ1n) is 7.42. The van der Waals surface area contributed by atoms with Crippen LogP contribution in [0.25, 0.3) is 0 Å². The molecule has 0 atom stereocenters. The average Bonchev–Trinajstić information content (AvgIpc) is 2.43. The molecule has 1 aromatic heterocycles. The van der Waals surface area contributed by atoms with Gasteiger partial charge in [-0.15, -0.1) is 0 Å². The second-order valence-electron chi connectivity index (χ2n) is 5.79. The van der Waals surface area contributed by atoms with E-state index in [9.17, 15) is 9.90 Å². The maximum absolute atomic E-state index is 11.2. The SMILES string of the molecule is CN1CCN(c2nc(NC3CCC3)cc(C(=O)[O-])n2)CC1.[Li+]. The molecule has 22 heavy (non-hydrogen) atoms. The molecular weight excluding hydrogens is 277 g/mol. The van der Waals surface area contributed by atoms with Gasteiger partial charge in [0.15, 0.2) is 0 Å². The second kappa shape index (κ2) is 7.31. The van der Waals surface area contributed by atoms with Gasteiger partial charge in [-0.2, -0.15) is 4.98 Å². The number of nitrogens with zero attached hydrogens (tertiary/aromatic N) is 4. The van der Waals surface area contributed by atoms with Gasteiger partial charge in [0.05, 0.1) is 11.7 Å². The zero-order chi connectivity index (χ0) is 14.8. The van der Waals surface area contributed by atoms with Crippen molar-refractivity contribution in [3.63, 3.8) is 0 Å². The van der Waals surface area contributed by atoms with E-state index in [1.54, 1.807) is 0 Å². The smallest absolute Gasteiger partial charge is 0.543 e. The van der Waals surface area contributed by atoms with Crippen LogP contribution in [0.3, 0.4) is 0 Å². The van der Waals surface area contributed by atoms with Crippen molar-refractivity contribution in [3.8, 4) is 0 Å². The predicted molar refractivity (Wildman–Crippen MR) is 77.3 cm³/mol. The van der Waals surface area contributed by atoms with Crippen LogP contribution in [0.4, 0.5) is 11.8 Å². The van der Waals surface area contributed by atoms with Gasteiger partial charge in [0, 0.05) is 38.3 Å². The first-order valence-corrected chi connectivity index (χ1v) is 7.42. The first-order chi connectivity index (χ1) is 10.1. The summed E-state index contributed by atoms with van der Waals surface area (Å²) in [6.45, 7) is 3.44. The standard InChI is InChI=1S/C14H21N5O2.Li/c1-18-5-7-19(8-6-18)14-16-11(13(20)21)9-12(17-14)15-10-3-2-4-10;/h9-10H,2-8H2,1H3,(H,20,21)(H,15,16,17);/q;+1/p-1. The molecule has 1 saturated heterocycles. The molecule has 1 saturated carbocycles. The van der Waals surface area contributed by atoms with Crippen molar-refractivity contribution in [1.29, 1.82) is 0 Å². The third-order valence-corrected chi connectivity index (χ3v) is 4.17. The fourth-order valence-corrected chi connectivity index (χ4v) is 2.52. The minimum Gasteiger partial charge on any atom is -0.543 e. The Morgan fingerprint density at radius 1 is 1.27 bits per heavy atom. The molecule has 0 bridgehead atoms. The van der Waals surface area contributed by atoms with Gasteiger partial charge in [-0.25, -0.2) is 4.98 Å². The van der Waals surface area contributed by atoms with Crippen LogP contribution in [0.5, 0.6) is 0 Å². The van der Waals surface area contributed by atoms with Crippen LogP contribution < -0.4 is 34.2 Å². The summed E-state index contributed by atoms with van der Waals surface area (Å²) in [6.07, 6.45) is 3.42. The summed E-state index contributed by atoms with van der Waals surface area (Å²) in [5.41, 5.74) is -0.0549. The fraction of sp³-hybridized carbons (Fsp3) is 0.643. The number of aromatic nitrogens is 2. The number of piperazine rings is 1. The van der Waals surface area contributed by atoms with E-state index < -0.39 is 5.97 Å². The monoisotopic (exact) mass is 297 g/mol. The summed E-state index contributed by atoms with van der Waals surface area (Å²) < 4.78 is 0. The predicted octanol–water partition coefficient (Wildman–Crippen LogP) is -3.44. The van der Waals surface area contributed by atoms with E-state index in [1.807, 2.05) is 4.90 Å². The van der Waals surface area contributed by atoms with Crippen molar-refractivity contribution in [2.24, 2.45) is 0 Å². The van der Waals surface area contributed by atoms with E-state index in [1.165, 1.54) is 12.5 Å². The number of anilines is 2. The Hall–Kier alpha value is -1.29. The molecule has 3 rings (SSSR count). The van der Waals surface area contributed by atoms with Crippen LogP contribution in [0.1, 0.15) is 29.8 Å². The number of carboxylic acid groups (broad SMARTS) is 1. The molecule has 114 valence electrons. The summed E-state index contributed by atoms with van der Waals surface area (Å²) in [6, 6.07) is 1.86. The number of carbonyl (C=O) groups is 1. The van der Waals surface area contributed by atoms with Gasteiger partial charge >= 0.3 is 18.9 Å². The molecule has 1 N–H and O–H groups in total. The van der Waals surface area contributed by atoms with Crippen molar-refractivity contribution < 1.29 is 28.8 Å². The van der Waals surface area contributed by atoms with E-state index in [-0.39, 0.29) is 24.6 Å². The quantitative estimate of drug-likeness (QED) is 0.579. The number of rotatable bonds is 4. The molecule has 1 aliphatic carbocycles. The van der Waals surface area contributed by atoms with Crippen LogP contribution in [-0.2, 0) is 0 Å². The van der Waals surface area contributed by atoms with Gasteiger partial charge in [-0.1, -0.05) is 0 Å². The Morgan fingerprint density at radius 3 is 2.50 bits per heavy atom. The van der Waals surface area contributed by atoms with E-state index in [4.69, 9.17) is 0 Å². The number of aromatic carboxylic acids is 1. The van der Waals surface area contributed by atoms with Gasteiger partial charge in [-0.3, -0.25) is 0 Å². The fourth-order valence-electron chi connectivity index (χ4n) is 2.52. The maximum Gasteiger partial charge on any atom is 1.00 e. The van der Waals surface area contributed by atoms with Crippen LogP contribution >= 0.6 is 0 Å². The molecule has 0 amide bonds. The molecular formula is C14H20LiN5O2. The third kappa shape index (κ3) is 3.92. The van der Waals surface area contributed by atoms with Gasteiger partial charge in [-0.05, 0) is 26.3 Å². The average molecular weight is 297 g/mol. The second-order valence-corrected chi connectivity index (χ2v) is 5.79. The molecule has 0 aromatic carbocycles. The molecule has 8 heteroatoms. The van der Waals surface area contributed by atoms with Crippen molar-refractivity contribution in [2.75, 3.05) is 43.4 Å². The Bertz CT molecular complexity index is 530. The van der Waals surface area contributed by atoms with Gasteiger partial charge in [0.2, 0.25) is 5.95 Å². The van der Waals surface area contributed by atoms with Crippen molar-refractivity contribution in [2.45, 2.75) is 25.3 Å². The largest absolute Gasteiger partial charge is 1.00 e. The van der Waals surface area contributed by atoms with E-state index in [0.29, 0.717) is 17.8 Å². The number of carbonyl (C=O) groups excluding carboxylic acids is 1. The van der Waals surface area contributed by atoms with Gasteiger partial charge in [0.1, 0.15) is 5.82 Å². The Labute approximate surface area is 142 Å². The van der Waals surface area contributed by atoms with Crippen LogP contribution in [0.15, 0.2) is 6.07 Å². The molecule has 0 unspecified atom stereocenters. The number of likely N-dealkylation sites (N-methyl/N-ethyl adjacent to an activating group) is 1. The molecule has 0 spiro atoms. The van der Waals surface area contributed by atoms with E-state index in [2.05, 4.69) is 27.2 Å². The molecule has 2 fully saturated rings. The molecule has 2 heterocycles. The van der Waals surface area contributed by atoms with Crippen molar-refractivity contribution in [1.82, 2.24) is 14.9 Å². The molecule has 7 nitrogen and oxygen atoms in total. The summed E-state index contributed by atoms with van der Waals surface area (Å²) in [5, 5.41) is 14.4. The van der Waals surface area contributed by atoms with Gasteiger partial charge in [0.25, 0.3) is 0 Å². The number of carboxylic acids is 1. The van der Waals surface area contributed by atoms with Crippen LogP contribution in [-0.4, -0.2) is 60.1 Å². The molecule has 2 aliphatic rings. The summed E-state index contributed by atoms with van der Waals surface area (Å²) in [5.74, 6) is -0.195. The summed E-state index contributed by atoms with van der Waals surface area (Å²) in [7, 11) is 2.07. The number of nitrogens with one attached hydrogen (secondary N) is 1. The normalized spacial score (nSPS) is 19.2. The number of hydrogen-bond acceptors (Lipinski definition) is 7. The number of hydrogen-bond donors (Lipinski definition) is 1. The van der Waals surface area contributed by atoms with E-state index >= 15 is 0 Å². The van der Waals surface area contributed by atoms with Gasteiger partial charge < -0.3 is 25.0 Å². The summed E-state index contributed by atoms with van der Waals surface area (Å²) in [4.78, 5) is 24.0. The molecule has 1 aromatic rings. The third-order valence-electron chi connectivity index (χ3n) is 4.17. The zero-order valence-electron chi connectivity index (χ0n) is 13.2. The topological polar surface area (TPSA) is 84.4 Å². The van der Waals surface area contributed by atoms with Crippen molar-refractivity contribution in [3.05, 3.63) is 11.8 Å². The Kier molecular flexibility index (Phi) is 5.67. The van der Waals surface area contributed by atoms with Crippen LogP contribution in [0, 0.1) is 0 Å².